The minimum atomic E-state index is -3.84. The summed E-state index contributed by atoms with van der Waals surface area (Å²) in [7, 11) is -3.84. The van der Waals surface area contributed by atoms with Crippen molar-refractivity contribution in [1.29, 1.82) is 0 Å². The lowest BCUT2D eigenvalue weighted by Gasteiger charge is -2.29. The predicted molar refractivity (Wildman–Crippen MR) is 151 cm³/mol. The SMILES string of the molecule is Cc1ccc(S(=O)(=O)N2C[C@H](c3ccccc3)C=C(c3ccccc3)C=C2c2cccc(Br)c2)cc1. The van der Waals surface area contributed by atoms with Gasteiger partial charge in [-0.15, -0.1) is 0 Å². The fraction of sp³-hybridized carbons (Fsp3) is 0.0968. The van der Waals surface area contributed by atoms with Gasteiger partial charge in [-0.2, -0.15) is 0 Å². The largest absolute Gasteiger partial charge is 0.265 e. The van der Waals surface area contributed by atoms with Crippen LogP contribution in [0.15, 0.2) is 131 Å². The monoisotopic (exact) mass is 555 g/mol. The Morgan fingerprint density at radius 2 is 1.42 bits per heavy atom. The molecule has 5 rings (SSSR count). The molecule has 3 nitrogen and oxygen atoms in total. The van der Waals surface area contributed by atoms with Crippen LogP contribution < -0.4 is 0 Å². The summed E-state index contributed by atoms with van der Waals surface area (Å²) in [4.78, 5) is 0.281. The number of allylic oxidation sites excluding steroid dienone is 2. The Labute approximate surface area is 221 Å². The lowest BCUT2D eigenvalue weighted by molar-refractivity contribution is 0.499. The van der Waals surface area contributed by atoms with Gasteiger partial charge in [-0.25, -0.2) is 8.42 Å². The lowest BCUT2D eigenvalue weighted by Crippen LogP contribution is -2.32. The van der Waals surface area contributed by atoms with Crippen LogP contribution >= 0.6 is 15.9 Å². The highest BCUT2D eigenvalue weighted by atomic mass is 79.9. The second kappa shape index (κ2) is 10.3. The van der Waals surface area contributed by atoms with Crippen molar-refractivity contribution in [2.24, 2.45) is 0 Å². The van der Waals surface area contributed by atoms with Crippen molar-refractivity contribution in [3.8, 4) is 0 Å². The standard InChI is InChI=1S/C31H26BrNO2S/c1-23-15-17-30(18-16-23)36(34,35)33-22-28(25-11-6-3-7-12-25)19-27(24-9-4-2-5-10-24)21-31(33)26-13-8-14-29(32)20-26/h2-21,28H,22H2,1H3/t28-/m1/s1. The highest BCUT2D eigenvalue weighted by Gasteiger charge is 2.32. The van der Waals surface area contributed by atoms with Crippen LogP contribution in [0.2, 0.25) is 0 Å². The summed E-state index contributed by atoms with van der Waals surface area (Å²) < 4.78 is 30.8. The summed E-state index contributed by atoms with van der Waals surface area (Å²) >= 11 is 3.57. The van der Waals surface area contributed by atoms with Crippen molar-refractivity contribution >= 4 is 37.2 Å². The highest BCUT2D eigenvalue weighted by Crippen LogP contribution is 2.38. The average molecular weight is 557 g/mol. The summed E-state index contributed by atoms with van der Waals surface area (Å²) in [6.07, 6.45) is 4.19. The zero-order valence-corrected chi connectivity index (χ0v) is 22.3. The molecule has 1 heterocycles. The van der Waals surface area contributed by atoms with Gasteiger partial charge in [-0.05, 0) is 59.5 Å². The number of nitrogens with zero attached hydrogens (tertiary/aromatic N) is 1. The third-order valence-corrected chi connectivity index (χ3v) is 8.66. The number of halogens is 1. The maximum Gasteiger partial charge on any atom is 0.264 e. The fourth-order valence-electron chi connectivity index (χ4n) is 4.47. The number of hydrogen-bond donors (Lipinski definition) is 0. The van der Waals surface area contributed by atoms with Crippen LogP contribution in [0.1, 0.15) is 28.2 Å². The maximum absolute atomic E-state index is 14.2. The molecule has 0 spiro atoms. The Morgan fingerprint density at radius 1 is 0.778 bits per heavy atom. The van der Waals surface area contributed by atoms with Gasteiger partial charge in [-0.1, -0.05) is 112 Å². The van der Waals surface area contributed by atoms with E-state index in [4.69, 9.17) is 0 Å². The molecule has 4 aromatic rings. The van der Waals surface area contributed by atoms with Gasteiger partial charge in [0.15, 0.2) is 0 Å². The van der Waals surface area contributed by atoms with E-state index in [9.17, 15) is 8.42 Å². The van der Waals surface area contributed by atoms with Gasteiger partial charge < -0.3 is 0 Å². The summed E-state index contributed by atoms with van der Waals surface area (Å²) in [6, 6.07) is 35.1. The quantitative estimate of drug-likeness (QED) is 0.253. The van der Waals surface area contributed by atoms with Crippen molar-refractivity contribution in [2.45, 2.75) is 17.7 Å². The average Bonchev–Trinajstić information content (AvgIpc) is 3.11. The highest BCUT2D eigenvalue weighted by molar-refractivity contribution is 9.10. The van der Waals surface area contributed by atoms with Crippen molar-refractivity contribution in [3.63, 3.8) is 0 Å². The maximum atomic E-state index is 14.2. The molecule has 1 atom stereocenters. The second-order valence-corrected chi connectivity index (χ2v) is 11.7. The molecule has 1 aliphatic heterocycles. The van der Waals surface area contributed by atoms with E-state index < -0.39 is 10.0 Å². The van der Waals surface area contributed by atoms with E-state index >= 15 is 0 Å². The van der Waals surface area contributed by atoms with Gasteiger partial charge >= 0.3 is 0 Å². The lowest BCUT2D eigenvalue weighted by atomic mass is 9.94. The van der Waals surface area contributed by atoms with Gasteiger partial charge in [0.05, 0.1) is 10.6 Å². The van der Waals surface area contributed by atoms with E-state index in [0.717, 1.165) is 32.3 Å². The van der Waals surface area contributed by atoms with Crippen molar-refractivity contribution in [2.75, 3.05) is 6.54 Å². The van der Waals surface area contributed by atoms with Crippen LogP contribution in [0, 0.1) is 6.92 Å². The van der Waals surface area contributed by atoms with E-state index in [1.54, 1.807) is 16.4 Å². The third-order valence-electron chi connectivity index (χ3n) is 6.37. The van der Waals surface area contributed by atoms with E-state index in [0.29, 0.717) is 5.70 Å². The molecular formula is C31H26BrNO2S. The summed E-state index contributed by atoms with van der Waals surface area (Å²) in [5.41, 5.74) is 5.59. The van der Waals surface area contributed by atoms with Gasteiger partial charge in [0, 0.05) is 16.9 Å². The molecule has 36 heavy (non-hydrogen) atoms. The Morgan fingerprint density at radius 3 is 2.08 bits per heavy atom. The molecule has 1 aliphatic rings. The molecule has 0 aromatic heterocycles. The van der Waals surface area contributed by atoms with Crippen LogP contribution in [-0.4, -0.2) is 19.3 Å². The summed E-state index contributed by atoms with van der Waals surface area (Å²) in [6.45, 7) is 2.24. The van der Waals surface area contributed by atoms with E-state index in [1.165, 1.54) is 0 Å². The third kappa shape index (κ3) is 5.08. The zero-order valence-electron chi connectivity index (χ0n) is 19.9. The first kappa shape index (κ1) is 24.3. The molecule has 0 saturated heterocycles. The molecule has 0 fully saturated rings. The topological polar surface area (TPSA) is 37.4 Å². The van der Waals surface area contributed by atoms with Gasteiger partial charge in [0.25, 0.3) is 10.0 Å². The zero-order chi connectivity index (χ0) is 25.1. The molecular weight excluding hydrogens is 530 g/mol. The summed E-state index contributed by atoms with van der Waals surface area (Å²) in [5.74, 6) is -0.137. The Bertz CT molecular complexity index is 1530. The minimum Gasteiger partial charge on any atom is -0.265 e. The molecule has 4 aromatic carbocycles. The smallest absolute Gasteiger partial charge is 0.264 e. The molecule has 0 aliphatic carbocycles. The van der Waals surface area contributed by atoms with Crippen LogP contribution in [0.4, 0.5) is 0 Å². The summed E-state index contributed by atoms with van der Waals surface area (Å²) in [5, 5.41) is 0. The molecule has 0 radical (unpaired) electrons. The second-order valence-electron chi connectivity index (χ2n) is 8.89. The van der Waals surface area contributed by atoms with E-state index in [1.807, 2.05) is 85.8 Å². The molecule has 0 saturated carbocycles. The van der Waals surface area contributed by atoms with Crippen molar-refractivity contribution in [1.82, 2.24) is 4.31 Å². The molecule has 0 bridgehead atoms. The first-order chi connectivity index (χ1) is 17.4. The molecule has 180 valence electrons. The van der Waals surface area contributed by atoms with Gasteiger partial charge in [0.1, 0.15) is 0 Å². The normalized spacial score (nSPS) is 16.2. The number of rotatable bonds is 5. The molecule has 5 heteroatoms. The van der Waals surface area contributed by atoms with Gasteiger partial charge in [-0.3, -0.25) is 4.31 Å². The number of benzene rings is 4. The number of sulfonamides is 1. The fourth-order valence-corrected chi connectivity index (χ4v) is 6.37. The number of hydrogen-bond acceptors (Lipinski definition) is 2. The first-order valence-electron chi connectivity index (χ1n) is 11.8. The Hall–Kier alpha value is -3.41. The first-order valence-corrected chi connectivity index (χ1v) is 14.0. The van der Waals surface area contributed by atoms with Crippen LogP contribution in [0.25, 0.3) is 11.3 Å². The van der Waals surface area contributed by atoms with Crippen molar-refractivity contribution < 1.29 is 8.42 Å². The Kier molecular flexibility index (Phi) is 6.95. The van der Waals surface area contributed by atoms with Crippen LogP contribution in [0.5, 0.6) is 0 Å². The minimum absolute atomic E-state index is 0.137. The van der Waals surface area contributed by atoms with E-state index in [2.05, 4.69) is 46.3 Å². The molecule has 0 unspecified atom stereocenters. The molecule has 0 N–H and O–H groups in total. The molecule has 0 amide bonds. The predicted octanol–water partition coefficient (Wildman–Crippen LogP) is 7.67. The Balaban J connectivity index is 1.74. The van der Waals surface area contributed by atoms with E-state index in [-0.39, 0.29) is 17.4 Å². The van der Waals surface area contributed by atoms with Crippen molar-refractivity contribution in [3.05, 3.63) is 148 Å². The van der Waals surface area contributed by atoms with Crippen LogP contribution in [-0.2, 0) is 10.0 Å². The van der Waals surface area contributed by atoms with Gasteiger partial charge in [0.2, 0.25) is 0 Å². The number of aryl methyl sites for hydroxylation is 1. The van der Waals surface area contributed by atoms with Crippen LogP contribution in [0.3, 0.4) is 0 Å².